The second-order valence-electron chi connectivity index (χ2n) is 4.55. The Morgan fingerprint density at radius 2 is 1.70 bits per heavy atom. The largest absolute Gasteiger partial charge is 0.490 e. The summed E-state index contributed by atoms with van der Waals surface area (Å²) >= 11 is 0. The number of ether oxygens (including phenoxy) is 2. The summed E-state index contributed by atoms with van der Waals surface area (Å²) < 4.78 is 11.2. The highest BCUT2D eigenvalue weighted by atomic mass is 16.5. The van der Waals surface area contributed by atoms with E-state index < -0.39 is 0 Å². The summed E-state index contributed by atoms with van der Waals surface area (Å²) in [5, 5.41) is 8.95. The summed E-state index contributed by atoms with van der Waals surface area (Å²) in [5.74, 6) is 1.43. The molecule has 0 aliphatic rings. The minimum absolute atomic E-state index is 0.408. The van der Waals surface area contributed by atoms with Crippen LogP contribution >= 0.6 is 0 Å². The van der Waals surface area contributed by atoms with Gasteiger partial charge in [-0.15, -0.1) is 0 Å². The van der Waals surface area contributed by atoms with E-state index in [0.717, 1.165) is 5.75 Å². The van der Waals surface area contributed by atoms with Gasteiger partial charge in [0.05, 0.1) is 5.56 Å². The number of nitriles is 1. The molecule has 0 atom stereocenters. The Kier molecular flexibility index (Phi) is 4.62. The first-order valence-corrected chi connectivity index (χ1v) is 6.52. The van der Waals surface area contributed by atoms with Crippen molar-refractivity contribution in [1.29, 1.82) is 5.26 Å². The molecule has 0 saturated heterocycles. The molecule has 0 bridgehead atoms. The van der Waals surface area contributed by atoms with Crippen LogP contribution in [-0.4, -0.2) is 13.2 Å². The molecule has 0 fully saturated rings. The first kappa shape index (κ1) is 14.0. The highest BCUT2D eigenvalue weighted by Gasteiger charge is 2.02. The van der Waals surface area contributed by atoms with E-state index >= 15 is 0 Å². The number of benzene rings is 2. The minimum atomic E-state index is 0.408. The Morgan fingerprint density at radius 1 is 0.950 bits per heavy atom. The highest BCUT2D eigenvalue weighted by Crippen LogP contribution is 2.18. The van der Waals surface area contributed by atoms with E-state index in [1.807, 2.05) is 30.3 Å². The number of aryl methyl sites for hydroxylation is 2. The van der Waals surface area contributed by atoms with E-state index in [4.69, 9.17) is 14.7 Å². The number of hydrogen-bond donors (Lipinski definition) is 0. The first-order chi connectivity index (χ1) is 9.70. The Hall–Kier alpha value is -2.47. The van der Waals surface area contributed by atoms with Crippen LogP contribution in [0.2, 0.25) is 0 Å². The Balaban J connectivity index is 1.85. The normalized spacial score (nSPS) is 9.85. The van der Waals surface area contributed by atoms with Crippen LogP contribution < -0.4 is 9.47 Å². The molecule has 0 spiro atoms. The molecule has 2 aromatic carbocycles. The van der Waals surface area contributed by atoms with Crippen LogP contribution in [0.5, 0.6) is 11.5 Å². The molecule has 2 rings (SSSR count). The molecule has 0 unspecified atom stereocenters. The quantitative estimate of drug-likeness (QED) is 0.777. The third kappa shape index (κ3) is 3.52. The van der Waals surface area contributed by atoms with Gasteiger partial charge >= 0.3 is 0 Å². The van der Waals surface area contributed by atoms with Crippen LogP contribution in [0.15, 0.2) is 42.5 Å². The standard InChI is InChI=1S/C17H17NO2/c1-13-7-8-16(11-14(13)2)19-9-10-20-17-6-4-3-5-15(17)12-18/h3-8,11H,9-10H2,1-2H3. The Morgan fingerprint density at radius 3 is 2.45 bits per heavy atom. The number of rotatable bonds is 5. The molecule has 3 heteroatoms. The molecule has 0 heterocycles. The average molecular weight is 267 g/mol. The van der Waals surface area contributed by atoms with Crippen LogP contribution in [0.3, 0.4) is 0 Å². The lowest BCUT2D eigenvalue weighted by atomic mass is 10.1. The fourth-order valence-corrected chi connectivity index (χ4v) is 1.80. The summed E-state index contributed by atoms with van der Waals surface area (Å²) in [6.45, 7) is 4.98. The van der Waals surface area contributed by atoms with E-state index in [0.29, 0.717) is 24.5 Å². The van der Waals surface area contributed by atoms with Crippen LogP contribution in [0.4, 0.5) is 0 Å². The maximum absolute atomic E-state index is 8.95. The second-order valence-corrected chi connectivity index (χ2v) is 4.55. The number of nitrogens with zero attached hydrogens (tertiary/aromatic N) is 1. The average Bonchev–Trinajstić information content (AvgIpc) is 2.47. The first-order valence-electron chi connectivity index (χ1n) is 6.52. The third-order valence-electron chi connectivity index (χ3n) is 3.10. The molecule has 20 heavy (non-hydrogen) atoms. The third-order valence-corrected chi connectivity index (χ3v) is 3.10. The fourth-order valence-electron chi connectivity index (χ4n) is 1.80. The smallest absolute Gasteiger partial charge is 0.137 e. The van der Waals surface area contributed by atoms with Gasteiger partial charge in [-0.2, -0.15) is 5.26 Å². The molecular weight excluding hydrogens is 250 g/mol. The molecule has 0 aliphatic carbocycles. The van der Waals surface area contributed by atoms with Crippen molar-refractivity contribution in [3.8, 4) is 17.6 Å². The van der Waals surface area contributed by atoms with Crippen molar-refractivity contribution in [3.63, 3.8) is 0 Å². The second kappa shape index (κ2) is 6.63. The zero-order valence-electron chi connectivity index (χ0n) is 11.7. The van der Waals surface area contributed by atoms with E-state index in [2.05, 4.69) is 19.9 Å². The molecule has 0 aromatic heterocycles. The summed E-state index contributed by atoms with van der Waals surface area (Å²) in [7, 11) is 0. The molecule has 0 radical (unpaired) electrons. The number of hydrogen-bond acceptors (Lipinski definition) is 3. The van der Waals surface area contributed by atoms with Crippen molar-refractivity contribution < 1.29 is 9.47 Å². The highest BCUT2D eigenvalue weighted by molar-refractivity contribution is 5.42. The van der Waals surface area contributed by atoms with Gasteiger partial charge in [-0.05, 0) is 49.2 Å². The van der Waals surface area contributed by atoms with Crippen molar-refractivity contribution in [1.82, 2.24) is 0 Å². The summed E-state index contributed by atoms with van der Waals surface area (Å²) in [6, 6.07) is 15.3. The number of para-hydroxylation sites is 1. The molecule has 0 N–H and O–H groups in total. The van der Waals surface area contributed by atoms with E-state index in [-0.39, 0.29) is 0 Å². The predicted octanol–water partition coefficient (Wildman–Crippen LogP) is 3.63. The summed E-state index contributed by atoms with van der Waals surface area (Å²) in [5.41, 5.74) is 2.99. The Labute approximate surface area is 119 Å². The van der Waals surface area contributed by atoms with Gasteiger partial charge in [0.2, 0.25) is 0 Å². The maximum atomic E-state index is 8.95. The maximum Gasteiger partial charge on any atom is 0.137 e. The van der Waals surface area contributed by atoms with Gasteiger partial charge < -0.3 is 9.47 Å². The van der Waals surface area contributed by atoms with Gasteiger partial charge in [0.1, 0.15) is 30.8 Å². The fraction of sp³-hybridized carbons (Fsp3) is 0.235. The van der Waals surface area contributed by atoms with Crippen molar-refractivity contribution in [2.75, 3.05) is 13.2 Å². The van der Waals surface area contributed by atoms with Gasteiger partial charge in [-0.1, -0.05) is 18.2 Å². The predicted molar refractivity (Wildman–Crippen MR) is 78.1 cm³/mol. The van der Waals surface area contributed by atoms with E-state index in [1.54, 1.807) is 12.1 Å². The molecule has 0 aliphatic heterocycles. The van der Waals surface area contributed by atoms with Crippen LogP contribution in [0, 0.1) is 25.2 Å². The van der Waals surface area contributed by atoms with Crippen LogP contribution in [0.1, 0.15) is 16.7 Å². The lowest BCUT2D eigenvalue weighted by Crippen LogP contribution is -2.09. The summed E-state index contributed by atoms with van der Waals surface area (Å²) in [6.07, 6.45) is 0. The lowest BCUT2D eigenvalue weighted by Gasteiger charge is -2.10. The van der Waals surface area contributed by atoms with Gasteiger partial charge in [-0.3, -0.25) is 0 Å². The van der Waals surface area contributed by atoms with Gasteiger partial charge in [0, 0.05) is 0 Å². The van der Waals surface area contributed by atoms with E-state index in [1.165, 1.54) is 11.1 Å². The zero-order chi connectivity index (χ0) is 14.4. The molecule has 0 saturated carbocycles. The van der Waals surface area contributed by atoms with Crippen molar-refractivity contribution in [2.24, 2.45) is 0 Å². The topological polar surface area (TPSA) is 42.2 Å². The Bertz CT molecular complexity index is 629. The van der Waals surface area contributed by atoms with Crippen molar-refractivity contribution in [3.05, 3.63) is 59.2 Å². The van der Waals surface area contributed by atoms with E-state index in [9.17, 15) is 0 Å². The summed E-state index contributed by atoms with van der Waals surface area (Å²) in [4.78, 5) is 0. The molecule has 2 aromatic rings. The molecule has 3 nitrogen and oxygen atoms in total. The van der Waals surface area contributed by atoms with Crippen LogP contribution in [-0.2, 0) is 0 Å². The molecule has 102 valence electrons. The van der Waals surface area contributed by atoms with Crippen LogP contribution in [0.25, 0.3) is 0 Å². The van der Waals surface area contributed by atoms with Crippen molar-refractivity contribution in [2.45, 2.75) is 13.8 Å². The minimum Gasteiger partial charge on any atom is -0.490 e. The molecular formula is C17H17NO2. The monoisotopic (exact) mass is 267 g/mol. The molecule has 0 amide bonds. The van der Waals surface area contributed by atoms with Gasteiger partial charge in [0.25, 0.3) is 0 Å². The van der Waals surface area contributed by atoms with Crippen molar-refractivity contribution >= 4 is 0 Å². The SMILES string of the molecule is Cc1ccc(OCCOc2ccccc2C#N)cc1C. The van der Waals surface area contributed by atoms with Gasteiger partial charge in [-0.25, -0.2) is 0 Å². The lowest BCUT2D eigenvalue weighted by molar-refractivity contribution is 0.216. The zero-order valence-corrected chi connectivity index (χ0v) is 11.7. The van der Waals surface area contributed by atoms with Gasteiger partial charge in [0.15, 0.2) is 0 Å².